The third kappa shape index (κ3) is 8.16. The van der Waals surface area contributed by atoms with Crippen LogP contribution in [0.1, 0.15) is 44.4 Å². The number of hydrogen-bond donors (Lipinski definition) is 1. The van der Waals surface area contributed by atoms with Gasteiger partial charge in [0.15, 0.2) is 0 Å². The summed E-state index contributed by atoms with van der Waals surface area (Å²) >= 11 is 3.42. The summed E-state index contributed by atoms with van der Waals surface area (Å²) < 4.78 is 29.7. The van der Waals surface area contributed by atoms with E-state index in [4.69, 9.17) is 0 Å². The highest BCUT2D eigenvalue weighted by atomic mass is 79.9. The molecule has 0 fully saturated rings. The summed E-state index contributed by atoms with van der Waals surface area (Å²) in [5, 5.41) is 2.93. The predicted octanol–water partition coefficient (Wildman–Crippen LogP) is 5.59. The number of hydrogen-bond acceptors (Lipinski definition) is 4. The van der Waals surface area contributed by atoms with Gasteiger partial charge in [-0.15, -0.1) is 0 Å². The van der Waals surface area contributed by atoms with Gasteiger partial charge in [0, 0.05) is 16.6 Å². The van der Waals surface area contributed by atoms with Crippen LogP contribution in [0.25, 0.3) is 0 Å². The zero-order chi connectivity index (χ0) is 29.0. The first kappa shape index (κ1) is 30.4. The van der Waals surface area contributed by atoms with Crippen molar-refractivity contribution < 1.29 is 18.0 Å². The molecule has 0 saturated carbocycles. The van der Waals surface area contributed by atoms with E-state index in [1.54, 1.807) is 43.3 Å². The van der Waals surface area contributed by atoms with Crippen LogP contribution in [0.5, 0.6) is 0 Å². The van der Waals surface area contributed by atoms with Gasteiger partial charge in [0.2, 0.25) is 11.8 Å². The molecule has 2 amide bonds. The fourth-order valence-corrected chi connectivity index (χ4v) is 5.60. The third-order valence-corrected chi connectivity index (χ3v) is 8.46. The maximum absolute atomic E-state index is 13.9. The average molecular weight is 615 g/mol. The molecule has 3 aromatic rings. The van der Waals surface area contributed by atoms with Gasteiger partial charge < -0.3 is 10.2 Å². The topological polar surface area (TPSA) is 86.8 Å². The number of carbonyl (C=O) groups excluding carboxylic acids is 2. The van der Waals surface area contributed by atoms with Gasteiger partial charge in [-0.3, -0.25) is 13.9 Å². The van der Waals surface area contributed by atoms with Gasteiger partial charge in [0.25, 0.3) is 10.0 Å². The van der Waals surface area contributed by atoms with Crippen LogP contribution in [0.4, 0.5) is 5.69 Å². The summed E-state index contributed by atoms with van der Waals surface area (Å²) in [7, 11) is -4.09. The molecule has 7 nitrogen and oxygen atoms in total. The maximum atomic E-state index is 13.9. The highest BCUT2D eigenvalue weighted by Crippen LogP contribution is 2.25. The second kappa shape index (κ2) is 12.3. The second-order valence-electron chi connectivity index (χ2n) is 10.7. The second-order valence-corrected chi connectivity index (χ2v) is 13.5. The smallest absolute Gasteiger partial charge is 0.264 e. The molecule has 0 radical (unpaired) electrons. The Kier molecular flexibility index (Phi) is 9.61. The Hall–Kier alpha value is -3.17. The lowest BCUT2D eigenvalue weighted by atomic mass is 10.1. The van der Waals surface area contributed by atoms with Gasteiger partial charge in [-0.2, -0.15) is 0 Å². The van der Waals surface area contributed by atoms with Crippen molar-refractivity contribution in [3.05, 3.63) is 94.0 Å². The molecule has 0 saturated heterocycles. The summed E-state index contributed by atoms with van der Waals surface area (Å²) in [5.74, 6) is -0.818. The molecule has 0 bridgehead atoms. The highest BCUT2D eigenvalue weighted by molar-refractivity contribution is 9.10. The molecular formula is C30H36BrN3O4S. The molecule has 0 heterocycles. The summed E-state index contributed by atoms with van der Waals surface area (Å²) in [4.78, 5) is 28.6. The predicted molar refractivity (Wildman–Crippen MR) is 159 cm³/mol. The number of sulfonamides is 1. The Balaban J connectivity index is 2.02. The molecule has 1 atom stereocenters. The Bertz CT molecular complexity index is 1400. The lowest BCUT2D eigenvalue weighted by molar-refractivity contribution is -0.140. The monoisotopic (exact) mass is 613 g/mol. The van der Waals surface area contributed by atoms with E-state index < -0.39 is 34.1 Å². The molecule has 9 heteroatoms. The zero-order valence-electron chi connectivity index (χ0n) is 23.2. The lowest BCUT2D eigenvalue weighted by Gasteiger charge is -2.33. The summed E-state index contributed by atoms with van der Waals surface area (Å²) in [6, 6.07) is 20.1. The number of amides is 2. The van der Waals surface area contributed by atoms with E-state index in [0.717, 1.165) is 25.5 Å². The molecule has 0 unspecified atom stereocenters. The van der Waals surface area contributed by atoms with Crippen molar-refractivity contribution in [2.24, 2.45) is 0 Å². The standard InChI is InChI=1S/C30H36BrN3O4S/c1-21-7-15-26(16-8-21)34(39(37,38)27-17-9-22(2)10-18-27)20-28(35)33(19-24-11-13-25(31)14-12-24)23(3)29(36)32-30(4,5)6/h7-18,23H,19-20H2,1-6H3,(H,32,36)/t23-/m0/s1. The van der Waals surface area contributed by atoms with Gasteiger partial charge in [-0.25, -0.2) is 8.42 Å². The molecule has 39 heavy (non-hydrogen) atoms. The average Bonchev–Trinajstić information content (AvgIpc) is 2.86. The molecule has 3 aromatic carbocycles. The molecule has 0 aliphatic heterocycles. The molecule has 3 rings (SSSR count). The molecule has 0 aromatic heterocycles. The van der Waals surface area contributed by atoms with Crippen molar-refractivity contribution in [2.75, 3.05) is 10.8 Å². The lowest BCUT2D eigenvalue weighted by Crippen LogP contribution is -2.54. The largest absolute Gasteiger partial charge is 0.350 e. The molecule has 0 spiro atoms. The van der Waals surface area contributed by atoms with E-state index in [-0.39, 0.29) is 17.3 Å². The fraction of sp³-hybridized carbons (Fsp3) is 0.333. The van der Waals surface area contributed by atoms with E-state index in [0.29, 0.717) is 5.69 Å². The highest BCUT2D eigenvalue weighted by Gasteiger charge is 2.33. The van der Waals surface area contributed by atoms with Gasteiger partial charge in [0.05, 0.1) is 10.6 Å². The van der Waals surface area contributed by atoms with Gasteiger partial charge in [0.1, 0.15) is 12.6 Å². The van der Waals surface area contributed by atoms with E-state index in [2.05, 4.69) is 21.2 Å². The van der Waals surface area contributed by atoms with Gasteiger partial charge in [-0.05, 0) is 83.5 Å². The van der Waals surface area contributed by atoms with Crippen molar-refractivity contribution in [3.63, 3.8) is 0 Å². The van der Waals surface area contributed by atoms with Crippen LogP contribution in [0, 0.1) is 13.8 Å². The summed E-state index contributed by atoms with van der Waals surface area (Å²) in [6.07, 6.45) is 0. The first-order valence-electron chi connectivity index (χ1n) is 12.7. The Labute approximate surface area is 240 Å². The van der Waals surface area contributed by atoms with Crippen molar-refractivity contribution in [3.8, 4) is 0 Å². The number of benzene rings is 3. The Morgan fingerprint density at radius 2 is 1.38 bits per heavy atom. The van der Waals surface area contributed by atoms with E-state index in [9.17, 15) is 18.0 Å². The van der Waals surface area contributed by atoms with Crippen LogP contribution in [0.2, 0.25) is 0 Å². The van der Waals surface area contributed by atoms with Crippen molar-refractivity contribution >= 4 is 43.5 Å². The van der Waals surface area contributed by atoms with Crippen LogP contribution >= 0.6 is 15.9 Å². The number of anilines is 1. The van der Waals surface area contributed by atoms with E-state index >= 15 is 0 Å². The van der Waals surface area contributed by atoms with Crippen molar-refractivity contribution in [1.29, 1.82) is 0 Å². The summed E-state index contributed by atoms with van der Waals surface area (Å²) in [5.41, 5.74) is 2.56. The SMILES string of the molecule is Cc1ccc(N(CC(=O)N(Cc2ccc(Br)cc2)[C@@H](C)C(=O)NC(C)(C)C)S(=O)(=O)c2ccc(C)cc2)cc1. The third-order valence-electron chi connectivity index (χ3n) is 6.14. The van der Waals surface area contributed by atoms with E-state index in [1.165, 1.54) is 17.0 Å². The normalized spacial score (nSPS) is 12.5. The number of halogens is 1. The van der Waals surface area contributed by atoms with Crippen molar-refractivity contribution in [2.45, 2.75) is 64.6 Å². The summed E-state index contributed by atoms with van der Waals surface area (Å²) in [6.45, 7) is 10.7. The van der Waals surface area contributed by atoms with Gasteiger partial charge >= 0.3 is 0 Å². The first-order valence-corrected chi connectivity index (χ1v) is 14.9. The molecular weight excluding hydrogens is 578 g/mol. The Morgan fingerprint density at radius 3 is 1.90 bits per heavy atom. The number of nitrogens with zero attached hydrogens (tertiary/aromatic N) is 2. The van der Waals surface area contributed by atoms with Crippen molar-refractivity contribution in [1.82, 2.24) is 10.2 Å². The number of aryl methyl sites for hydroxylation is 2. The van der Waals surface area contributed by atoms with Crippen LogP contribution in [0.3, 0.4) is 0 Å². The minimum atomic E-state index is -4.09. The number of rotatable bonds is 9. The quantitative estimate of drug-likeness (QED) is 0.341. The Morgan fingerprint density at radius 1 is 0.872 bits per heavy atom. The fourth-order valence-electron chi connectivity index (χ4n) is 3.92. The van der Waals surface area contributed by atoms with Crippen LogP contribution in [0.15, 0.2) is 82.2 Å². The van der Waals surface area contributed by atoms with Crippen LogP contribution < -0.4 is 9.62 Å². The minimum Gasteiger partial charge on any atom is -0.350 e. The molecule has 1 N–H and O–H groups in total. The van der Waals surface area contributed by atoms with Crippen LogP contribution in [-0.4, -0.2) is 43.3 Å². The first-order chi connectivity index (χ1) is 18.2. The molecule has 0 aliphatic rings. The maximum Gasteiger partial charge on any atom is 0.264 e. The minimum absolute atomic E-state index is 0.0828. The molecule has 208 valence electrons. The van der Waals surface area contributed by atoms with E-state index in [1.807, 2.05) is 58.9 Å². The zero-order valence-corrected chi connectivity index (χ0v) is 25.6. The number of carbonyl (C=O) groups is 2. The number of nitrogens with one attached hydrogen (secondary N) is 1. The van der Waals surface area contributed by atoms with Gasteiger partial charge in [-0.1, -0.05) is 63.5 Å². The molecule has 0 aliphatic carbocycles. The van der Waals surface area contributed by atoms with Crippen LogP contribution in [-0.2, 0) is 26.2 Å².